The fourth-order valence-corrected chi connectivity index (χ4v) is 1.87. The van der Waals surface area contributed by atoms with E-state index in [-0.39, 0.29) is 24.3 Å². The highest BCUT2D eigenvalue weighted by Crippen LogP contribution is 2.15. The predicted molar refractivity (Wildman–Crippen MR) is 79.4 cm³/mol. The number of rotatable bonds is 5. The van der Waals surface area contributed by atoms with E-state index < -0.39 is 6.04 Å². The molecule has 5 heteroatoms. The minimum absolute atomic E-state index is 0.0702. The van der Waals surface area contributed by atoms with Crippen LogP contribution >= 0.6 is 11.6 Å². The topological polar surface area (TPSA) is 58.2 Å². The Morgan fingerprint density at radius 3 is 2.55 bits per heavy atom. The van der Waals surface area contributed by atoms with E-state index in [1.165, 1.54) is 0 Å². The molecule has 0 bridgehead atoms. The van der Waals surface area contributed by atoms with Crippen molar-refractivity contribution in [1.82, 2.24) is 10.6 Å². The Bertz CT molecular complexity index is 535. The molecule has 0 spiro atoms. The maximum Gasteiger partial charge on any atom is 0.253 e. The van der Waals surface area contributed by atoms with Crippen LogP contribution in [0.3, 0.4) is 0 Å². The SMILES string of the molecule is C#CCNC(=O)C(NC(=O)c1ccccc1Cl)C(C)C. The molecule has 1 aromatic carbocycles. The van der Waals surface area contributed by atoms with Gasteiger partial charge in [0, 0.05) is 0 Å². The van der Waals surface area contributed by atoms with Gasteiger partial charge in [-0.3, -0.25) is 9.59 Å². The summed E-state index contributed by atoms with van der Waals surface area (Å²) in [5.41, 5.74) is 0.338. The summed E-state index contributed by atoms with van der Waals surface area (Å²) in [4.78, 5) is 24.1. The van der Waals surface area contributed by atoms with E-state index in [1.54, 1.807) is 24.3 Å². The summed E-state index contributed by atoms with van der Waals surface area (Å²) in [5, 5.41) is 5.58. The molecular weight excluding hydrogens is 276 g/mol. The lowest BCUT2D eigenvalue weighted by molar-refractivity contribution is -0.123. The molecule has 0 aliphatic carbocycles. The van der Waals surface area contributed by atoms with Gasteiger partial charge in [0.15, 0.2) is 0 Å². The van der Waals surface area contributed by atoms with Crippen molar-refractivity contribution in [2.75, 3.05) is 6.54 Å². The van der Waals surface area contributed by atoms with Crippen LogP contribution in [0.4, 0.5) is 0 Å². The molecule has 4 nitrogen and oxygen atoms in total. The Balaban J connectivity index is 2.81. The number of hydrogen-bond acceptors (Lipinski definition) is 2. The van der Waals surface area contributed by atoms with Crippen molar-refractivity contribution in [2.45, 2.75) is 19.9 Å². The molecular formula is C15H17ClN2O2. The molecule has 1 rings (SSSR count). The van der Waals surface area contributed by atoms with Gasteiger partial charge in [0.1, 0.15) is 6.04 Å². The zero-order valence-electron chi connectivity index (χ0n) is 11.4. The average Bonchev–Trinajstić information content (AvgIpc) is 2.42. The Morgan fingerprint density at radius 2 is 2.00 bits per heavy atom. The second-order valence-corrected chi connectivity index (χ2v) is 5.00. The molecule has 0 aromatic heterocycles. The van der Waals surface area contributed by atoms with E-state index in [9.17, 15) is 9.59 Å². The van der Waals surface area contributed by atoms with Gasteiger partial charge in [-0.2, -0.15) is 0 Å². The van der Waals surface area contributed by atoms with Gasteiger partial charge in [-0.15, -0.1) is 6.42 Å². The number of terminal acetylenes is 1. The van der Waals surface area contributed by atoms with Crippen molar-refractivity contribution in [3.63, 3.8) is 0 Å². The van der Waals surface area contributed by atoms with Gasteiger partial charge in [0.2, 0.25) is 5.91 Å². The van der Waals surface area contributed by atoms with Crippen LogP contribution in [0.25, 0.3) is 0 Å². The van der Waals surface area contributed by atoms with Crippen LogP contribution in [0.1, 0.15) is 24.2 Å². The van der Waals surface area contributed by atoms with E-state index in [4.69, 9.17) is 18.0 Å². The molecule has 20 heavy (non-hydrogen) atoms. The van der Waals surface area contributed by atoms with Crippen LogP contribution in [-0.2, 0) is 4.79 Å². The van der Waals surface area contributed by atoms with Gasteiger partial charge in [-0.05, 0) is 18.1 Å². The van der Waals surface area contributed by atoms with Crippen molar-refractivity contribution in [3.8, 4) is 12.3 Å². The number of carbonyl (C=O) groups is 2. The number of nitrogens with one attached hydrogen (secondary N) is 2. The van der Waals surface area contributed by atoms with Crippen LogP contribution in [0.15, 0.2) is 24.3 Å². The summed E-state index contributed by atoms with van der Waals surface area (Å²) >= 11 is 5.96. The second kappa shape index (κ2) is 7.56. The first-order valence-electron chi connectivity index (χ1n) is 6.24. The molecule has 1 atom stereocenters. The molecule has 1 unspecified atom stereocenters. The van der Waals surface area contributed by atoms with Crippen LogP contribution in [0.2, 0.25) is 5.02 Å². The minimum atomic E-state index is -0.660. The van der Waals surface area contributed by atoms with Crippen LogP contribution in [0, 0.1) is 18.3 Å². The number of amides is 2. The van der Waals surface area contributed by atoms with E-state index >= 15 is 0 Å². The summed E-state index contributed by atoms with van der Waals surface area (Å²) in [6, 6.07) is 6.02. The maximum atomic E-state index is 12.1. The molecule has 1 aromatic rings. The lowest BCUT2D eigenvalue weighted by Crippen LogP contribution is -2.49. The predicted octanol–water partition coefficient (Wildman–Crippen LogP) is 1.84. The minimum Gasteiger partial charge on any atom is -0.343 e. The lowest BCUT2D eigenvalue weighted by Gasteiger charge is -2.21. The fourth-order valence-electron chi connectivity index (χ4n) is 1.65. The van der Waals surface area contributed by atoms with Crippen LogP contribution in [0.5, 0.6) is 0 Å². The first-order chi connectivity index (χ1) is 9.47. The zero-order valence-corrected chi connectivity index (χ0v) is 12.2. The normalized spacial score (nSPS) is 11.6. The molecule has 0 saturated heterocycles. The number of halogens is 1. The number of carbonyl (C=O) groups excluding carboxylic acids is 2. The molecule has 0 radical (unpaired) electrons. The van der Waals surface area contributed by atoms with Gasteiger partial charge >= 0.3 is 0 Å². The van der Waals surface area contributed by atoms with E-state index in [1.807, 2.05) is 13.8 Å². The highest BCUT2D eigenvalue weighted by atomic mass is 35.5. The van der Waals surface area contributed by atoms with Gasteiger partial charge in [0.25, 0.3) is 5.91 Å². The first-order valence-corrected chi connectivity index (χ1v) is 6.61. The summed E-state index contributed by atoms with van der Waals surface area (Å²) in [7, 11) is 0. The summed E-state index contributed by atoms with van der Waals surface area (Å²) < 4.78 is 0. The van der Waals surface area contributed by atoms with Crippen LogP contribution < -0.4 is 10.6 Å². The quantitative estimate of drug-likeness (QED) is 0.814. The standard InChI is InChI=1S/C15H17ClN2O2/c1-4-9-17-15(20)13(10(2)3)18-14(19)11-7-5-6-8-12(11)16/h1,5-8,10,13H,9H2,2-3H3,(H,17,20)(H,18,19). The molecule has 0 aliphatic heterocycles. The van der Waals surface area contributed by atoms with E-state index in [2.05, 4.69) is 16.6 Å². The third-order valence-electron chi connectivity index (χ3n) is 2.72. The van der Waals surface area contributed by atoms with Crippen molar-refractivity contribution in [2.24, 2.45) is 5.92 Å². The molecule has 0 heterocycles. The molecule has 106 valence electrons. The molecule has 0 aliphatic rings. The second-order valence-electron chi connectivity index (χ2n) is 4.60. The van der Waals surface area contributed by atoms with Crippen molar-refractivity contribution in [1.29, 1.82) is 0 Å². The molecule has 2 N–H and O–H groups in total. The molecule has 0 saturated carbocycles. The lowest BCUT2D eigenvalue weighted by atomic mass is 10.0. The smallest absolute Gasteiger partial charge is 0.253 e. The van der Waals surface area contributed by atoms with Crippen molar-refractivity contribution in [3.05, 3.63) is 34.9 Å². The fraction of sp³-hybridized carbons (Fsp3) is 0.333. The first kappa shape index (κ1) is 16.1. The Morgan fingerprint density at radius 1 is 1.35 bits per heavy atom. The van der Waals surface area contributed by atoms with Crippen molar-refractivity contribution < 1.29 is 9.59 Å². The summed E-state index contributed by atoms with van der Waals surface area (Å²) in [6.45, 7) is 3.81. The zero-order chi connectivity index (χ0) is 15.1. The molecule has 0 fully saturated rings. The summed E-state index contributed by atoms with van der Waals surface area (Å²) in [5.74, 6) is 1.56. The van der Waals surface area contributed by atoms with Gasteiger partial charge in [-0.25, -0.2) is 0 Å². The van der Waals surface area contributed by atoms with Gasteiger partial charge in [-0.1, -0.05) is 43.5 Å². The van der Waals surface area contributed by atoms with Crippen LogP contribution in [-0.4, -0.2) is 24.4 Å². The van der Waals surface area contributed by atoms with E-state index in [0.717, 1.165) is 0 Å². The Labute approximate surface area is 123 Å². The Hall–Kier alpha value is -1.99. The maximum absolute atomic E-state index is 12.1. The Kier molecular flexibility index (Phi) is 6.08. The summed E-state index contributed by atoms with van der Waals surface area (Å²) in [6.07, 6.45) is 5.10. The van der Waals surface area contributed by atoms with Crippen molar-refractivity contribution >= 4 is 23.4 Å². The average molecular weight is 293 g/mol. The van der Waals surface area contributed by atoms with Gasteiger partial charge < -0.3 is 10.6 Å². The third-order valence-corrected chi connectivity index (χ3v) is 3.05. The van der Waals surface area contributed by atoms with Gasteiger partial charge in [0.05, 0.1) is 17.1 Å². The third kappa shape index (κ3) is 4.29. The monoisotopic (exact) mass is 292 g/mol. The highest BCUT2D eigenvalue weighted by Gasteiger charge is 2.24. The van der Waals surface area contributed by atoms with E-state index in [0.29, 0.717) is 10.6 Å². The largest absolute Gasteiger partial charge is 0.343 e. The molecule has 2 amide bonds. The number of hydrogen-bond donors (Lipinski definition) is 2. The highest BCUT2D eigenvalue weighted by molar-refractivity contribution is 6.33. The number of benzene rings is 1.